The molecule has 17 heavy (non-hydrogen) atoms. The highest BCUT2D eigenvalue weighted by atomic mass is 16.5. The summed E-state index contributed by atoms with van der Waals surface area (Å²) in [5, 5.41) is 3.53. The first-order chi connectivity index (χ1) is 8.03. The summed E-state index contributed by atoms with van der Waals surface area (Å²) >= 11 is 0. The molecule has 2 rings (SSSR count). The number of likely N-dealkylation sites (N-methyl/N-ethyl adjacent to an activating group) is 1. The van der Waals surface area contributed by atoms with Crippen LogP contribution in [0.2, 0.25) is 0 Å². The molecule has 3 unspecified atom stereocenters. The number of ether oxygens (including phenoxy) is 1. The van der Waals surface area contributed by atoms with Crippen LogP contribution in [-0.4, -0.2) is 49.8 Å². The van der Waals surface area contributed by atoms with E-state index in [2.05, 4.69) is 38.0 Å². The zero-order valence-corrected chi connectivity index (χ0v) is 11.8. The monoisotopic (exact) mass is 240 g/mol. The Kier molecular flexibility index (Phi) is 4.11. The molecule has 1 aliphatic heterocycles. The van der Waals surface area contributed by atoms with Gasteiger partial charge in [-0.3, -0.25) is 4.90 Å². The van der Waals surface area contributed by atoms with E-state index in [1.54, 1.807) is 0 Å². The Labute approximate surface area is 106 Å². The number of morpholine rings is 1. The van der Waals surface area contributed by atoms with Crippen molar-refractivity contribution in [2.75, 3.05) is 26.8 Å². The van der Waals surface area contributed by atoms with Gasteiger partial charge in [0.2, 0.25) is 0 Å². The van der Waals surface area contributed by atoms with Crippen LogP contribution in [0, 0.1) is 5.41 Å². The summed E-state index contributed by atoms with van der Waals surface area (Å²) < 4.78 is 5.56. The van der Waals surface area contributed by atoms with Crippen LogP contribution in [0.3, 0.4) is 0 Å². The normalized spacial score (nSPS) is 39.2. The molecule has 1 heterocycles. The third kappa shape index (κ3) is 3.01. The zero-order chi connectivity index (χ0) is 12.5. The SMILES string of the molecule is CNC1CCC(C)(C)CC1N1CCOCC1C. The Morgan fingerprint density at radius 3 is 2.76 bits per heavy atom. The molecule has 3 nitrogen and oxygen atoms in total. The van der Waals surface area contributed by atoms with E-state index in [1.165, 1.54) is 19.3 Å². The quantitative estimate of drug-likeness (QED) is 0.797. The van der Waals surface area contributed by atoms with Gasteiger partial charge >= 0.3 is 0 Å². The second kappa shape index (κ2) is 5.25. The summed E-state index contributed by atoms with van der Waals surface area (Å²) in [6.07, 6.45) is 3.95. The lowest BCUT2D eigenvalue weighted by atomic mass is 9.72. The van der Waals surface area contributed by atoms with Gasteiger partial charge in [-0.15, -0.1) is 0 Å². The van der Waals surface area contributed by atoms with Crippen molar-refractivity contribution in [2.24, 2.45) is 5.41 Å². The van der Waals surface area contributed by atoms with Gasteiger partial charge in [0.1, 0.15) is 0 Å². The summed E-state index contributed by atoms with van der Waals surface area (Å²) in [6.45, 7) is 10.0. The van der Waals surface area contributed by atoms with Gasteiger partial charge in [-0.1, -0.05) is 13.8 Å². The zero-order valence-electron chi connectivity index (χ0n) is 11.8. The van der Waals surface area contributed by atoms with Crippen LogP contribution in [0.25, 0.3) is 0 Å². The van der Waals surface area contributed by atoms with Crippen LogP contribution in [-0.2, 0) is 4.74 Å². The minimum atomic E-state index is 0.496. The third-order valence-electron chi connectivity index (χ3n) is 4.57. The van der Waals surface area contributed by atoms with E-state index in [0.717, 1.165) is 19.8 Å². The molecule has 0 radical (unpaired) electrons. The molecule has 100 valence electrons. The molecule has 2 aliphatic rings. The lowest BCUT2D eigenvalue weighted by Gasteiger charge is -2.49. The smallest absolute Gasteiger partial charge is 0.0619 e. The molecule has 1 N–H and O–H groups in total. The second-order valence-electron chi connectivity index (χ2n) is 6.53. The minimum absolute atomic E-state index is 0.496. The fraction of sp³-hybridized carbons (Fsp3) is 1.00. The summed E-state index contributed by atoms with van der Waals surface area (Å²) in [5.74, 6) is 0. The Morgan fingerprint density at radius 1 is 1.35 bits per heavy atom. The van der Waals surface area contributed by atoms with Gasteiger partial charge in [-0.05, 0) is 38.6 Å². The average molecular weight is 240 g/mol. The van der Waals surface area contributed by atoms with Crippen LogP contribution < -0.4 is 5.32 Å². The highest BCUT2D eigenvalue weighted by Gasteiger charge is 2.39. The highest BCUT2D eigenvalue weighted by Crippen LogP contribution is 2.38. The molecule has 1 saturated heterocycles. The van der Waals surface area contributed by atoms with Crippen molar-refractivity contribution in [3.8, 4) is 0 Å². The van der Waals surface area contributed by atoms with Gasteiger partial charge < -0.3 is 10.1 Å². The van der Waals surface area contributed by atoms with Crippen molar-refractivity contribution in [3.63, 3.8) is 0 Å². The van der Waals surface area contributed by atoms with Crippen molar-refractivity contribution in [1.29, 1.82) is 0 Å². The first kappa shape index (κ1) is 13.3. The first-order valence-corrected chi connectivity index (χ1v) is 7.04. The van der Waals surface area contributed by atoms with Crippen molar-refractivity contribution in [2.45, 2.75) is 58.2 Å². The second-order valence-corrected chi connectivity index (χ2v) is 6.53. The topological polar surface area (TPSA) is 24.5 Å². The number of rotatable bonds is 2. The Hall–Kier alpha value is -0.120. The maximum absolute atomic E-state index is 5.56. The molecule has 1 aliphatic carbocycles. The summed E-state index contributed by atoms with van der Waals surface area (Å²) in [6, 6.07) is 1.91. The van der Waals surface area contributed by atoms with E-state index in [1.807, 2.05) is 0 Å². The average Bonchev–Trinajstić information content (AvgIpc) is 2.28. The molecule has 0 aromatic heterocycles. The molecular weight excluding hydrogens is 212 g/mol. The number of nitrogens with one attached hydrogen (secondary N) is 1. The molecule has 0 aromatic rings. The Bertz CT molecular complexity index is 255. The van der Waals surface area contributed by atoms with Gasteiger partial charge in [0, 0.05) is 24.7 Å². The maximum atomic E-state index is 5.56. The molecule has 0 bridgehead atoms. The highest BCUT2D eigenvalue weighted by molar-refractivity contribution is 4.95. The lowest BCUT2D eigenvalue weighted by Crippen LogP contribution is -2.59. The van der Waals surface area contributed by atoms with Crippen molar-refractivity contribution in [3.05, 3.63) is 0 Å². The van der Waals surface area contributed by atoms with Gasteiger partial charge in [0.15, 0.2) is 0 Å². The minimum Gasteiger partial charge on any atom is -0.379 e. The van der Waals surface area contributed by atoms with E-state index in [-0.39, 0.29) is 0 Å². The van der Waals surface area contributed by atoms with Crippen LogP contribution in [0.1, 0.15) is 40.0 Å². The van der Waals surface area contributed by atoms with E-state index in [4.69, 9.17) is 4.74 Å². The summed E-state index contributed by atoms with van der Waals surface area (Å²) in [4.78, 5) is 2.67. The van der Waals surface area contributed by atoms with Gasteiger partial charge in [0.05, 0.1) is 13.2 Å². The largest absolute Gasteiger partial charge is 0.379 e. The summed E-state index contributed by atoms with van der Waals surface area (Å²) in [5.41, 5.74) is 0.496. The number of hydrogen-bond donors (Lipinski definition) is 1. The van der Waals surface area contributed by atoms with Crippen LogP contribution in [0.4, 0.5) is 0 Å². The molecule has 0 amide bonds. The molecule has 0 spiro atoms. The number of nitrogens with zero attached hydrogens (tertiary/aromatic N) is 1. The fourth-order valence-corrected chi connectivity index (χ4v) is 3.47. The Morgan fingerprint density at radius 2 is 2.12 bits per heavy atom. The summed E-state index contributed by atoms with van der Waals surface area (Å²) in [7, 11) is 2.11. The molecule has 2 fully saturated rings. The number of hydrogen-bond acceptors (Lipinski definition) is 3. The van der Waals surface area contributed by atoms with Crippen LogP contribution >= 0.6 is 0 Å². The van der Waals surface area contributed by atoms with Crippen LogP contribution in [0.5, 0.6) is 0 Å². The van der Waals surface area contributed by atoms with Crippen molar-refractivity contribution >= 4 is 0 Å². The standard InChI is InChI=1S/C14H28N2O/c1-11-10-17-8-7-16(11)13-9-14(2,3)6-5-12(13)15-4/h11-13,15H,5-10H2,1-4H3. The molecule has 1 saturated carbocycles. The van der Waals surface area contributed by atoms with Gasteiger partial charge in [-0.25, -0.2) is 0 Å². The predicted octanol–water partition coefficient (Wildman–Crippen LogP) is 1.87. The van der Waals surface area contributed by atoms with Crippen molar-refractivity contribution in [1.82, 2.24) is 10.2 Å². The van der Waals surface area contributed by atoms with E-state index in [9.17, 15) is 0 Å². The van der Waals surface area contributed by atoms with E-state index >= 15 is 0 Å². The maximum Gasteiger partial charge on any atom is 0.0619 e. The van der Waals surface area contributed by atoms with Crippen molar-refractivity contribution < 1.29 is 4.74 Å². The van der Waals surface area contributed by atoms with E-state index < -0.39 is 0 Å². The van der Waals surface area contributed by atoms with Gasteiger partial charge in [0.25, 0.3) is 0 Å². The predicted molar refractivity (Wildman–Crippen MR) is 71.3 cm³/mol. The fourth-order valence-electron chi connectivity index (χ4n) is 3.47. The molecule has 3 heteroatoms. The third-order valence-corrected chi connectivity index (χ3v) is 4.57. The molecule has 3 atom stereocenters. The van der Waals surface area contributed by atoms with Gasteiger partial charge in [-0.2, -0.15) is 0 Å². The molecule has 0 aromatic carbocycles. The molecular formula is C14H28N2O. The van der Waals surface area contributed by atoms with Crippen LogP contribution in [0.15, 0.2) is 0 Å². The first-order valence-electron chi connectivity index (χ1n) is 7.04. The lowest BCUT2D eigenvalue weighted by molar-refractivity contribution is -0.0489. The Balaban J connectivity index is 2.08. The van der Waals surface area contributed by atoms with E-state index in [0.29, 0.717) is 23.5 Å².